The molecular weight excluding hydrogens is 246 g/mol. The van der Waals surface area contributed by atoms with Crippen LogP contribution in [0.3, 0.4) is 0 Å². The Morgan fingerprint density at radius 3 is 1.74 bits per heavy atom. The summed E-state index contributed by atoms with van der Waals surface area (Å²) in [6.07, 6.45) is 0. The van der Waals surface area contributed by atoms with Crippen LogP contribution < -0.4 is 4.98 Å². The summed E-state index contributed by atoms with van der Waals surface area (Å²) in [6, 6.07) is 10.7. The quantitative estimate of drug-likeness (QED) is 0.745. The number of benzene rings is 1. The molecule has 2 heteroatoms. The van der Waals surface area contributed by atoms with Crippen molar-refractivity contribution in [2.24, 2.45) is 23.7 Å². The number of anilines is 1. The van der Waals surface area contributed by atoms with Gasteiger partial charge in [-0.25, -0.2) is 0 Å². The van der Waals surface area contributed by atoms with Crippen LogP contribution in [-0.2, 0) is 0 Å². The molecule has 4 unspecified atom stereocenters. The molecule has 19 heavy (non-hydrogen) atoms. The molecular formula is C17H29NSi. The van der Waals surface area contributed by atoms with Gasteiger partial charge < -0.3 is 4.98 Å². The fourth-order valence-electron chi connectivity index (χ4n) is 4.38. The van der Waals surface area contributed by atoms with Crippen LogP contribution in [0, 0.1) is 23.7 Å². The Labute approximate surface area is 119 Å². The maximum absolute atomic E-state index is 3.90. The Balaban J connectivity index is 2.20. The predicted molar refractivity (Wildman–Crippen MR) is 88.0 cm³/mol. The normalized spacial score (nSPS) is 35.4. The minimum absolute atomic E-state index is 0.836. The first kappa shape index (κ1) is 14.6. The third-order valence-electron chi connectivity index (χ3n) is 5.69. The second-order valence-corrected chi connectivity index (χ2v) is 11.5. The molecule has 106 valence electrons. The van der Waals surface area contributed by atoms with Crippen LogP contribution in [0.4, 0.5) is 5.69 Å². The van der Waals surface area contributed by atoms with Crippen LogP contribution >= 0.6 is 0 Å². The van der Waals surface area contributed by atoms with E-state index in [9.17, 15) is 0 Å². The summed E-state index contributed by atoms with van der Waals surface area (Å²) in [6.45, 7) is 14.8. The summed E-state index contributed by atoms with van der Waals surface area (Å²) in [5.41, 5.74) is 2.16. The van der Waals surface area contributed by atoms with Crippen LogP contribution in [0.5, 0.6) is 0 Å². The molecule has 0 spiro atoms. The molecule has 1 saturated carbocycles. The molecule has 1 fully saturated rings. The number of para-hydroxylation sites is 1. The van der Waals surface area contributed by atoms with Crippen molar-refractivity contribution in [1.82, 2.24) is 0 Å². The van der Waals surface area contributed by atoms with E-state index in [1.807, 2.05) is 0 Å². The summed E-state index contributed by atoms with van der Waals surface area (Å²) in [4.78, 5) is 3.90. The number of rotatable bonds is 3. The molecule has 1 aliphatic carbocycles. The van der Waals surface area contributed by atoms with Gasteiger partial charge in [-0.2, -0.15) is 0 Å². The monoisotopic (exact) mass is 275 g/mol. The van der Waals surface area contributed by atoms with E-state index in [4.69, 9.17) is 0 Å². The smallest absolute Gasteiger partial charge is 0.151 e. The van der Waals surface area contributed by atoms with Crippen LogP contribution in [0.25, 0.3) is 0 Å². The zero-order valence-corrected chi connectivity index (χ0v) is 14.3. The third kappa shape index (κ3) is 2.74. The molecule has 0 aromatic heterocycles. The standard InChI is InChI=1S/C17H29NSi/c1-12-13(2)15(4)17(14(12)3)19(5,6)18-16-10-8-7-9-11-16/h7-15,17-18H,1-6H3. The maximum atomic E-state index is 3.90. The van der Waals surface area contributed by atoms with E-state index in [-0.39, 0.29) is 0 Å². The van der Waals surface area contributed by atoms with E-state index < -0.39 is 8.24 Å². The molecule has 0 radical (unpaired) electrons. The summed E-state index contributed by atoms with van der Waals surface area (Å²) < 4.78 is 0. The maximum Gasteiger partial charge on any atom is 0.151 e. The van der Waals surface area contributed by atoms with Gasteiger partial charge in [0.05, 0.1) is 0 Å². The lowest BCUT2D eigenvalue weighted by atomic mass is 9.92. The minimum atomic E-state index is -1.47. The molecule has 1 nitrogen and oxygen atoms in total. The number of hydrogen-bond acceptors (Lipinski definition) is 1. The molecule has 0 heterocycles. The molecule has 1 aromatic carbocycles. The Morgan fingerprint density at radius 1 is 0.789 bits per heavy atom. The first-order valence-electron chi connectivity index (χ1n) is 7.68. The highest BCUT2D eigenvalue weighted by molar-refractivity contribution is 6.81. The Kier molecular flexibility index (Phi) is 4.10. The molecule has 1 N–H and O–H groups in total. The fourth-order valence-corrected chi connectivity index (χ4v) is 8.70. The Bertz CT molecular complexity index is 401. The van der Waals surface area contributed by atoms with Crippen LogP contribution in [0.1, 0.15) is 27.7 Å². The second kappa shape index (κ2) is 5.32. The van der Waals surface area contributed by atoms with Crippen molar-refractivity contribution in [3.63, 3.8) is 0 Å². The molecule has 1 aliphatic rings. The molecule has 0 aliphatic heterocycles. The first-order valence-corrected chi connectivity index (χ1v) is 10.8. The molecule has 1 aromatic rings. The summed E-state index contributed by atoms with van der Waals surface area (Å²) >= 11 is 0. The van der Waals surface area contributed by atoms with E-state index in [1.54, 1.807) is 0 Å². The highest BCUT2D eigenvalue weighted by Crippen LogP contribution is 2.53. The van der Waals surface area contributed by atoms with Gasteiger partial charge in [0.1, 0.15) is 0 Å². The van der Waals surface area contributed by atoms with Crippen LogP contribution in [0.2, 0.25) is 18.6 Å². The minimum Gasteiger partial charge on any atom is -0.410 e. The second-order valence-electron chi connectivity index (χ2n) is 7.17. The van der Waals surface area contributed by atoms with Gasteiger partial charge in [-0.05, 0) is 41.3 Å². The highest BCUT2D eigenvalue weighted by atomic mass is 28.3. The summed E-state index contributed by atoms with van der Waals surface area (Å²) in [7, 11) is -1.47. The largest absolute Gasteiger partial charge is 0.410 e. The fraction of sp³-hybridized carbons (Fsp3) is 0.647. The third-order valence-corrected chi connectivity index (χ3v) is 9.35. The van der Waals surface area contributed by atoms with Gasteiger partial charge in [-0.1, -0.05) is 59.0 Å². The topological polar surface area (TPSA) is 12.0 Å². The molecule has 4 atom stereocenters. The number of hydrogen-bond donors (Lipinski definition) is 1. The van der Waals surface area contributed by atoms with E-state index in [0.717, 1.165) is 29.2 Å². The van der Waals surface area contributed by atoms with Gasteiger partial charge in [-0.3, -0.25) is 0 Å². The van der Waals surface area contributed by atoms with Crippen molar-refractivity contribution in [2.75, 3.05) is 4.98 Å². The van der Waals surface area contributed by atoms with Gasteiger partial charge in [0, 0.05) is 5.69 Å². The molecule has 0 amide bonds. The summed E-state index contributed by atoms with van der Waals surface area (Å²) in [5, 5.41) is 0. The van der Waals surface area contributed by atoms with Crippen molar-refractivity contribution in [3.05, 3.63) is 30.3 Å². The van der Waals surface area contributed by atoms with Gasteiger partial charge in [0.15, 0.2) is 8.24 Å². The Morgan fingerprint density at radius 2 is 1.26 bits per heavy atom. The lowest BCUT2D eigenvalue weighted by Crippen LogP contribution is -2.45. The van der Waals surface area contributed by atoms with Crippen LogP contribution in [-0.4, -0.2) is 8.24 Å². The van der Waals surface area contributed by atoms with Gasteiger partial charge in [0.2, 0.25) is 0 Å². The van der Waals surface area contributed by atoms with Crippen molar-refractivity contribution >= 4 is 13.9 Å². The van der Waals surface area contributed by atoms with Crippen molar-refractivity contribution in [3.8, 4) is 0 Å². The average Bonchev–Trinajstić information content (AvgIpc) is 2.55. The van der Waals surface area contributed by atoms with E-state index in [0.29, 0.717) is 0 Å². The van der Waals surface area contributed by atoms with Gasteiger partial charge >= 0.3 is 0 Å². The zero-order valence-electron chi connectivity index (χ0n) is 13.3. The Hall–Kier alpha value is -0.763. The first-order chi connectivity index (χ1) is 8.84. The van der Waals surface area contributed by atoms with Gasteiger partial charge in [0.25, 0.3) is 0 Å². The molecule has 0 bridgehead atoms. The zero-order chi connectivity index (χ0) is 14.2. The lowest BCUT2D eigenvalue weighted by molar-refractivity contribution is 0.352. The average molecular weight is 276 g/mol. The SMILES string of the molecule is CC1C(C)C(C)C([Si](C)(C)Nc2ccccc2)C1C. The van der Waals surface area contributed by atoms with Crippen molar-refractivity contribution in [1.29, 1.82) is 0 Å². The van der Waals surface area contributed by atoms with Gasteiger partial charge in [-0.15, -0.1) is 0 Å². The van der Waals surface area contributed by atoms with Crippen molar-refractivity contribution in [2.45, 2.75) is 46.3 Å². The lowest BCUT2D eigenvalue weighted by Gasteiger charge is -2.37. The summed E-state index contributed by atoms with van der Waals surface area (Å²) in [5.74, 6) is 3.37. The van der Waals surface area contributed by atoms with E-state index in [2.05, 4.69) is 76.1 Å². The van der Waals surface area contributed by atoms with E-state index >= 15 is 0 Å². The van der Waals surface area contributed by atoms with Crippen molar-refractivity contribution < 1.29 is 0 Å². The predicted octanol–water partition coefficient (Wildman–Crippen LogP) is 5.23. The highest BCUT2D eigenvalue weighted by Gasteiger charge is 2.49. The molecule has 0 saturated heterocycles. The molecule has 2 rings (SSSR count). The van der Waals surface area contributed by atoms with Crippen LogP contribution in [0.15, 0.2) is 30.3 Å². The number of nitrogens with one attached hydrogen (secondary N) is 1. The van der Waals surface area contributed by atoms with E-state index in [1.165, 1.54) is 5.69 Å².